The van der Waals surface area contributed by atoms with Crippen LogP contribution in [0, 0.1) is 0 Å². The van der Waals surface area contributed by atoms with Gasteiger partial charge in [-0.05, 0) is 56.2 Å². The molecular formula is C23H28ClN3O3. The van der Waals surface area contributed by atoms with Gasteiger partial charge in [0.2, 0.25) is 0 Å². The normalized spacial score (nSPS) is 15.9. The largest absolute Gasteiger partial charge is 0.497 e. The van der Waals surface area contributed by atoms with Gasteiger partial charge in [0.15, 0.2) is 6.10 Å². The summed E-state index contributed by atoms with van der Waals surface area (Å²) in [5, 5.41) is 7.95. The molecule has 1 atom stereocenters. The molecule has 160 valence electrons. The molecule has 6 nitrogen and oxygen atoms in total. The summed E-state index contributed by atoms with van der Waals surface area (Å²) in [5.41, 5.74) is 2.47. The van der Waals surface area contributed by atoms with E-state index in [9.17, 15) is 4.79 Å². The van der Waals surface area contributed by atoms with Crippen LogP contribution in [0.1, 0.15) is 38.3 Å². The van der Waals surface area contributed by atoms with Crippen molar-refractivity contribution < 1.29 is 14.4 Å². The number of nitrogens with zero attached hydrogens (tertiary/aromatic N) is 2. The second kappa shape index (κ2) is 9.39. The van der Waals surface area contributed by atoms with Gasteiger partial charge in [0.05, 0.1) is 19.4 Å². The fraction of sp³-hybridized carbons (Fsp3) is 0.391. The second-order valence-corrected chi connectivity index (χ2v) is 8.83. The molecule has 0 spiro atoms. The summed E-state index contributed by atoms with van der Waals surface area (Å²) < 4.78 is 5.31. The number of amides is 2. The van der Waals surface area contributed by atoms with Crippen LogP contribution in [0.4, 0.5) is 4.79 Å². The Morgan fingerprint density at radius 3 is 2.67 bits per heavy atom. The quantitative estimate of drug-likeness (QED) is 0.713. The van der Waals surface area contributed by atoms with Gasteiger partial charge < -0.3 is 19.8 Å². The molecule has 1 aliphatic heterocycles. The molecule has 1 aliphatic rings. The molecular weight excluding hydrogens is 402 g/mol. The number of hydrogen-bond donors (Lipinski definition) is 1. The first-order valence-corrected chi connectivity index (χ1v) is 10.3. The van der Waals surface area contributed by atoms with Gasteiger partial charge in [-0.2, -0.15) is 0 Å². The standard InChI is InChI=1S/C23H28ClN3O3/c1-23(2,3)25-22(28)27(14-16-6-5-7-19(12-16)29-4)15-20-13-21(26-30-20)17-8-10-18(24)11-9-17/h5-12,20H,13-15H2,1-4H3,(H,25,28)/t20-/m1/s1. The summed E-state index contributed by atoms with van der Waals surface area (Å²) in [4.78, 5) is 20.4. The predicted octanol–water partition coefficient (Wildman–Crippen LogP) is 4.85. The average Bonchev–Trinajstić information content (AvgIpc) is 3.15. The number of benzene rings is 2. The maximum atomic E-state index is 13.0. The Bertz CT molecular complexity index is 907. The molecule has 2 aromatic carbocycles. The van der Waals surface area contributed by atoms with E-state index in [0.717, 1.165) is 22.6 Å². The average molecular weight is 430 g/mol. The Labute approximate surface area is 182 Å². The number of carbonyl (C=O) groups is 1. The minimum Gasteiger partial charge on any atom is -0.497 e. The smallest absolute Gasteiger partial charge is 0.318 e. The highest BCUT2D eigenvalue weighted by Gasteiger charge is 2.28. The van der Waals surface area contributed by atoms with E-state index in [4.69, 9.17) is 21.2 Å². The lowest BCUT2D eigenvalue weighted by Gasteiger charge is -2.29. The van der Waals surface area contributed by atoms with Gasteiger partial charge in [-0.1, -0.05) is 41.0 Å². The van der Waals surface area contributed by atoms with E-state index >= 15 is 0 Å². The molecule has 1 heterocycles. The van der Waals surface area contributed by atoms with Crippen LogP contribution < -0.4 is 10.1 Å². The van der Waals surface area contributed by atoms with E-state index in [1.807, 2.05) is 69.3 Å². The van der Waals surface area contributed by atoms with Crippen molar-refractivity contribution in [2.75, 3.05) is 13.7 Å². The van der Waals surface area contributed by atoms with Gasteiger partial charge in [-0.25, -0.2) is 4.79 Å². The Morgan fingerprint density at radius 1 is 1.27 bits per heavy atom. The monoisotopic (exact) mass is 429 g/mol. The lowest BCUT2D eigenvalue weighted by atomic mass is 10.0. The second-order valence-electron chi connectivity index (χ2n) is 8.39. The van der Waals surface area contributed by atoms with E-state index in [1.165, 1.54) is 0 Å². The maximum absolute atomic E-state index is 13.0. The minimum atomic E-state index is -0.342. The fourth-order valence-corrected chi connectivity index (χ4v) is 3.32. The molecule has 0 aliphatic carbocycles. The predicted molar refractivity (Wildman–Crippen MR) is 119 cm³/mol. The topological polar surface area (TPSA) is 63.2 Å². The molecule has 0 aromatic heterocycles. The van der Waals surface area contributed by atoms with Gasteiger partial charge >= 0.3 is 6.03 Å². The molecule has 1 N–H and O–H groups in total. The maximum Gasteiger partial charge on any atom is 0.318 e. The number of carbonyl (C=O) groups excluding carboxylic acids is 1. The zero-order valence-corrected chi connectivity index (χ0v) is 18.6. The number of urea groups is 1. The van der Waals surface area contributed by atoms with Gasteiger partial charge in [0.25, 0.3) is 0 Å². The van der Waals surface area contributed by atoms with Gasteiger partial charge in [0, 0.05) is 23.5 Å². The van der Waals surface area contributed by atoms with Crippen LogP contribution in [-0.2, 0) is 11.4 Å². The molecule has 0 saturated carbocycles. The lowest BCUT2D eigenvalue weighted by Crippen LogP contribution is -2.50. The van der Waals surface area contributed by atoms with Crippen LogP contribution in [0.5, 0.6) is 5.75 Å². The number of halogens is 1. The molecule has 0 radical (unpaired) electrons. The zero-order valence-electron chi connectivity index (χ0n) is 17.8. The number of nitrogens with one attached hydrogen (secondary N) is 1. The van der Waals surface area contributed by atoms with E-state index in [2.05, 4.69) is 10.5 Å². The van der Waals surface area contributed by atoms with Crippen molar-refractivity contribution in [1.82, 2.24) is 10.2 Å². The number of hydrogen-bond acceptors (Lipinski definition) is 4. The van der Waals surface area contributed by atoms with Crippen molar-refractivity contribution in [1.29, 1.82) is 0 Å². The van der Waals surface area contributed by atoms with Crippen LogP contribution in [0.15, 0.2) is 53.7 Å². The third-order valence-corrected chi connectivity index (χ3v) is 4.86. The van der Waals surface area contributed by atoms with Crippen LogP contribution in [-0.4, -0.2) is 41.9 Å². The van der Waals surface area contributed by atoms with E-state index in [-0.39, 0.29) is 17.7 Å². The van der Waals surface area contributed by atoms with Crippen LogP contribution >= 0.6 is 11.6 Å². The molecule has 0 fully saturated rings. The van der Waals surface area contributed by atoms with Gasteiger partial charge in [-0.3, -0.25) is 0 Å². The van der Waals surface area contributed by atoms with Crippen LogP contribution in [0.2, 0.25) is 5.02 Å². The summed E-state index contributed by atoms with van der Waals surface area (Å²) in [6.45, 7) is 6.74. The summed E-state index contributed by atoms with van der Waals surface area (Å²) >= 11 is 5.97. The molecule has 2 amide bonds. The van der Waals surface area contributed by atoms with Crippen LogP contribution in [0.25, 0.3) is 0 Å². The summed E-state index contributed by atoms with van der Waals surface area (Å²) in [6.07, 6.45) is 0.408. The Balaban J connectivity index is 1.70. The third-order valence-electron chi connectivity index (χ3n) is 4.61. The SMILES string of the molecule is COc1cccc(CN(C[C@H]2CC(c3ccc(Cl)cc3)=NO2)C(=O)NC(C)(C)C)c1. The van der Waals surface area contributed by atoms with E-state index < -0.39 is 0 Å². The highest BCUT2D eigenvalue weighted by Crippen LogP contribution is 2.21. The van der Waals surface area contributed by atoms with E-state index in [0.29, 0.717) is 24.5 Å². The number of rotatable bonds is 6. The van der Waals surface area contributed by atoms with Crippen molar-refractivity contribution >= 4 is 23.3 Å². The van der Waals surface area contributed by atoms with Crippen molar-refractivity contribution in [3.05, 3.63) is 64.7 Å². The summed E-state index contributed by atoms with van der Waals surface area (Å²) in [6, 6.07) is 15.1. The molecule has 0 unspecified atom stereocenters. The third kappa shape index (κ3) is 6.13. The molecule has 30 heavy (non-hydrogen) atoms. The van der Waals surface area contributed by atoms with E-state index in [1.54, 1.807) is 12.0 Å². The number of methoxy groups -OCH3 is 1. The zero-order chi connectivity index (χ0) is 21.7. The Kier molecular flexibility index (Phi) is 6.87. The highest BCUT2D eigenvalue weighted by atomic mass is 35.5. The molecule has 2 aromatic rings. The van der Waals surface area contributed by atoms with Crippen molar-refractivity contribution in [2.24, 2.45) is 5.16 Å². The number of oxime groups is 1. The van der Waals surface area contributed by atoms with Gasteiger partial charge in [0.1, 0.15) is 5.75 Å². The minimum absolute atomic E-state index is 0.145. The fourth-order valence-electron chi connectivity index (χ4n) is 3.20. The Morgan fingerprint density at radius 2 is 2.00 bits per heavy atom. The first-order valence-electron chi connectivity index (χ1n) is 9.92. The first-order chi connectivity index (χ1) is 14.2. The molecule has 0 saturated heterocycles. The molecule has 7 heteroatoms. The van der Waals surface area contributed by atoms with Crippen molar-refractivity contribution in [3.8, 4) is 5.75 Å². The lowest BCUT2D eigenvalue weighted by molar-refractivity contribution is 0.0580. The molecule has 0 bridgehead atoms. The first kappa shape index (κ1) is 22.0. The summed E-state index contributed by atoms with van der Waals surface area (Å²) in [5.74, 6) is 0.758. The van der Waals surface area contributed by atoms with Crippen molar-refractivity contribution in [3.63, 3.8) is 0 Å². The van der Waals surface area contributed by atoms with Crippen LogP contribution in [0.3, 0.4) is 0 Å². The van der Waals surface area contributed by atoms with Gasteiger partial charge in [-0.15, -0.1) is 0 Å². The van der Waals surface area contributed by atoms with Crippen molar-refractivity contribution in [2.45, 2.75) is 45.4 Å². The highest BCUT2D eigenvalue weighted by molar-refractivity contribution is 6.30. The Hall–Kier alpha value is -2.73. The number of ether oxygens (including phenoxy) is 1. The molecule has 3 rings (SSSR count). The summed E-state index contributed by atoms with van der Waals surface area (Å²) in [7, 11) is 1.63.